The molecule has 2 aromatic rings. The molecule has 14 heavy (non-hydrogen) atoms. The Morgan fingerprint density at radius 2 is 1.86 bits per heavy atom. The van der Waals surface area contributed by atoms with Crippen LogP contribution in [0.3, 0.4) is 0 Å². The first kappa shape index (κ1) is 11.9. The average molecular weight is 364 g/mol. The van der Waals surface area contributed by atoms with E-state index in [1.165, 1.54) is 16.6 Å². The molecule has 0 N–H and O–H groups in total. The molecule has 0 atom stereocenters. The van der Waals surface area contributed by atoms with Gasteiger partial charge in [0.1, 0.15) is 7.05 Å². The third-order valence-corrected chi connectivity index (χ3v) is 2.88. The molecule has 1 aromatic carbocycles. The number of aryl methyl sites for hydroxylation is 2. The molecule has 0 saturated carbocycles. The zero-order valence-electron chi connectivity index (χ0n) is 8.09. The number of hydrogen-bond donors (Lipinski definition) is 0. The van der Waals surface area contributed by atoms with Crippen molar-refractivity contribution in [3.05, 3.63) is 40.5 Å². The standard InChI is InChI=1S/C11H11BrN.HI/c1-8-3-4-9-7-10(12)5-6-11(9)13(8)2;/h3-7H,1-2H3;1H/q+1;/p-1. The number of rotatable bonds is 0. The van der Waals surface area contributed by atoms with E-state index in [1.807, 2.05) is 0 Å². The summed E-state index contributed by atoms with van der Waals surface area (Å²) < 4.78 is 3.32. The van der Waals surface area contributed by atoms with E-state index in [0.29, 0.717) is 0 Å². The van der Waals surface area contributed by atoms with E-state index in [2.05, 4.69) is 64.8 Å². The second kappa shape index (κ2) is 4.57. The Labute approximate surface area is 109 Å². The van der Waals surface area contributed by atoms with Crippen LogP contribution in [-0.4, -0.2) is 0 Å². The van der Waals surface area contributed by atoms with Crippen LogP contribution in [0.5, 0.6) is 0 Å². The van der Waals surface area contributed by atoms with Gasteiger partial charge in [0.25, 0.3) is 0 Å². The molecule has 2 rings (SSSR count). The van der Waals surface area contributed by atoms with E-state index >= 15 is 0 Å². The zero-order valence-corrected chi connectivity index (χ0v) is 11.8. The summed E-state index contributed by atoms with van der Waals surface area (Å²) in [6.07, 6.45) is 0. The zero-order chi connectivity index (χ0) is 9.42. The minimum Gasteiger partial charge on any atom is -1.00 e. The summed E-state index contributed by atoms with van der Waals surface area (Å²) in [7, 11) is 2.09. The Morgan fingerprint density at radius 3 is 2.57 bits per heavy atom. The van der Waals surface area contributed by atoms with Gasteiger partial charge >= 0.3 is 0 Å². The minimum atomic E-state index is 0. The van der Waals surface area contributed by atoms with Gasteiger partial charge in [-0.3, -0.25) is 0 Å². The minimum absolute atomic E-state index is 0. The molecule has 0 spiro atoms. The number of benzene rings is 1. The van der Waals surface area contributed by atoms with Crippen molar-refractivity contribution < 1.29 is 28.5 Å². The van der Waals surface area contributed by atoms with Gasteiger partial charge < -0.3 is 24.0 Å². The monoisotopic (exact) mass is 363 g/mol. The molecule has 0 amide bonds. The topological polar surface area (TPSA) is 3.88 Å². The van der Waals surface area contributed by atoms with Crippen molar-refractivity contribution in [2.24, 2.45) is 7.05 Å². The number of nitrogens with zero attached hydrogens (tertiary/aromatic N) is 1. The van der Waals surface area contributed by atoms with Gasteiger partial charge in [-0.15, -0.1) is 0 Å². The van der Waals surface area contributed by atoms with Crippen LogP contribution in [0.2, 0.25) is 0 Å². The Balaban J connectivity index is 0.000000980. The van der Waals surface area contributed by atoms with Gasteiger partial charge in [-0.1, -0.05) is 15.9 Å². The van der Waals surface area contributed by atoms with Crippen LogP contribution in [0.25, 0.3) is 10.9 Å². The van der Waals surface area contributed by atoms with Crippen molar-refractivity contribution in [1.29, 1.82) is 0 Å². The van der Waals surface area contributed by atoms with Gasteiger partial charge in [0.05, 0.1) is 0 Å². The van der Waals surface area contributed by atoms with E-state index in [9.17, 15) is 0 Å². The lowest BCUT2D eigenvalue weighted by molar-refractivity contribution is -0.651. The quantitative estimate of drug-likeness (QED) is 0.448. The van der Waals surface area contributed by atoms with E-state index in [-0.39, 0.29) is 24.0 Å². The van der Waals surface area contributed by atoms with Crippen molar-refractivity contribution in [2.75, 3.05) is 0 Å². The third-order valence-electron chi connectivity index (χ3n) is 2.38. The SMILES string of the molecule is Cc1ccc2cc(Br)ccc2[n+]1C.[I-]. The molecule has 1 nitrogen and oxygen atoms in total. The van der Waals surface area contributed by atoms with Crippen molar-refractivity contribution >= 4 is 26.8 Å². The molecule has 0 unspecified atom stereocenters. The van der Waals surface area contributed by atoms with Crippen molar-refractivity contribution in [3.63, 3.8) is 0 Å². The lowest BCUT2D eigenvalue weighted by Crippen LogP contribution is -3.00. The van der Waals surface area contributed by atoms with Gasteiger partial charge in [-0.25, -0.2) is 0 Å². The molecule has 1 aromatic heterocycles. The predicted molar refractivity (Wildman–Crippen MR) is 57.6 cm³/mol. The molecule has 74 valence electrons. The molecular formula is C11H11BrIN. The molecule has 0 aliphatic rings. The molecule has 0 fully saturated rings. The van der Waals surface area contributed by atoms with E-state index < -0.39 is 0 Å². The number of pyridine rings is 1. The van der Waals surface area contributed by atoms with Crippen LogP contribution in [0.1, 0.15) is 5.69 Å². The Hall–Kier alpha value is -0.160. The van der Waals surface area contributed by atoms with Crippen LogP contribution in [0.15, 0.2) is 34.8 Å². The van der Waals surface area contributed by atoms with Crippen molar-refractivity contribution in [2.45, 2.75) is 6.92 Å². The van der Waals surface area contributed by atoms with E-state index in [4.69, 9.17) is 0 Å². The second-order valence-corrected chi connectivity index (χ2v) is 4.15. The van der Waals surface area contributed by atoms with Gasteiger partial charge in [0.2, 0.25) is 5.52 Å². The maximum Gasteiger partial charge on any atom is 0.212 e. The molecule has 0 aliphatic heterocycles. The van der Waals surface area contributed by atoms with Crippen LogP contribution >= 0.6 is 15.9 Å². The van der Waals surface area contributed by atoms with Gasteiger partial charge in [0.15, 0.2) is 5.69 Å². The summed E-state index contributed by atoms with van der Waals surface area (Å²) >= 11 is 3.47. The third kappa shape index (κ3) is 2.08. The van der Waals surface area contributed by atoms with E-state index in [0.717, 1.165) is 4.47 Å². The van der Waals surface area contributed by atoms with E-state index in [1.54, 1.807) is 0 Å². The Kier molecular flexibility index (Phi) is 3.89. The number of hydrogen-bond acceptors (Lipinski definition) is 0. The molecule has 0 aliphatic carbocycles. The average Bonchev–Trinajstić information content (AvgIpc) is 2.12. The summed E-state index contributed by atoms with van der Waals surface area (Å²) in [6.45, 7) is 2.11. The summed E-state index contributed by atoms with van der Waals surface area (Å²) in [5.41, 5.74) is 2.54. The van der Waals surface area contributed by atoms with Gasteiger partial charge in [-0.05, 0) is 18.2 Å². The number of halogens is 2. The maximum atomic E-state index is 3.47. The molecular weight excluding hydrogens is 353 g/mol. The van der Waals surface area contributed by atoms with Gasteiger partial charge in [-0.2, -0.15) is 4.57 Å². The number of aromatic nitrogens is 1. The molecule has 0 bridgehead atoms. The lowest BCUT2D eigenvalue weighted by atomic mass is 10.2. The van der Waals surface area contributed by atoms with Crippen LogP contribution in [-0.2, 0) is 7.05 Å². The Bertz CT molecular complexity index is 468. The summed E-state index contributed by atoms with van der Waals surface area (Å²) in [4.78, 5) is 0. The summed E-state index contributed by atoms with van der Waals surface area (Å²) in [6, 6.07) is 10.6. The first-order chi connectivity index (χ1) is 6.18. The maximum absolute atomic E-state index is 3.47. The predicted octanol–water partition coefficient (Wildman–Crippen LogP) is -0.261. The second-order valence-electron chi connectivity index (χ2n) is 3.24. The largest absolute Gasteiger partial charge is 1.00 e. The molecule has 0 radical (unpaired) electrons. The highest BCUT2D eigenvalue weighted by molar-refractivity contribution is 9.10. The van der Waals surface area contributed by atoms with Crippen LogP contribution in [0.4, 0.5) is 0 Å². The molecule has 1 heterocycles. The smallest absolute Gasteiger partial charge is 0.212 e. The first-order valence-corrected chi connectivity index (χ1v) is 5.03. The fourth-order valence-electron chi connectivity index (χ4n) is 1.48. The van der Waals surface area contributed by atoms with Crippen molar-refractivity contribution in [3.8, 4) is 0 Å². The Morgan fingerprint density at radius 1 is 1.14 bits per heavy atom. The fraction of sp³-hybridized carbons (Fsp3) is 0.182. The highest BCUT2D eigenvalue weighted by Gasteiger charge is 2.06. The van der Waals surface area contributed by atoms with Crippen LogP contribution < -0.4 is 28.5 Å². The van der Waals surface area contributed by atoms with Gasteiger partial charge in [0, 0.05) is 28.9 Å². The first-order valence-electron chi connectivity index (χ1n) is 4.23. The lowest BCUT2D eigenvalue weighted by Gasteiger charge is -1.99. The highest BCUT2D eigenvalue weighted by Crippen LogP contribution is 2.17. The molecule has 3 heteroatoms. The molecule has 0 saturated heterocycles. The van der Waals surface area contributed by atoms with Crippen molar-refractivity contribution in [1.82, 2.24) is 0 Å². The van der Waals surface area contributed by atoms with Crippen LogP contribution in [0, 0.1) is 6.92 Å². The summed E-state index contributed by atoms with van der Waals surface area (Å²) in [5, 5.41) is 1.27. The fourth-order valence-corrected chi connectivity index (χ4v) is 1.86. The number of fused-ring (bicyclic) bond motifs is 1. The normalized spacial score (nSPS) is 9.93. The highest BCUT2D eigenvalue weighted by atomic mass is 127. The summed E-state index contributed by atoms with van der Waals surface area (Å²) in [5.74, 6) is 0.